The van der Waals surface area contributed by atoms with E-state index in [-0.39, 0.29) is 12.2 Å². The Morgan fingerprint density at radius 3 is 2.95 bits per heavy atom. The minimum Gasteiger partial charge on any atom is -0.390 e. The zero-order chi connectivity index (χ0) is 15.9. The molecule has 3 heterocycles. The van der Waals surface area contributed by atoms with Gasteiger partial charge in [-0.2, -0.15) is 0 Å². The quantitative estimate of drug-likeness (QED) is 0.408. The van der Waals surface area contributed by atoms with Gasteiger partial charge in [0.1, 0.15) is 24.2 Å². The second-order valence-corrected chi connectivity index (χ2v) is 6.04. The van der Waals surface area contributed by atoms with Crippen LogP contribution in [0.1, 0.15) is 12.6 Å². The molecule has 0 aromatic carbocycles. The van der Waals surface area contributed by atoms with E-state index in [0.717, 1.165) is 0 Å². The number of nitrogens with two attached hydrogens (primary N) is 1. The Balaban J connectivity index is 1.78. The molecule has 0 radical (unpaired) electrons. The van der Waals surface area contributed by atoms with Gasteiger partial charge in [-0.25, -0.2) is 19.5 Å². The van der Waals surface area contributed by atoms with E-state index in [9.17, 15) is 9.67 Å². The number of aliphatic hydroxyl groups is 1. The smallest absolute Gasteiger partial charge is 0.390 e. The van der Waals surface area contributed by atoms with Gasteiger partial charge in [0.15, 0.2) is 11.5 Å². The number of hydrogen-bond donors (Lipinski definition) is 4. The summed E-state index contributed by atoms with van der Waals surface area (Å²) in [6, 6.07) is 0. The van der Waals surface area contributed by atoms with E-state index in [1.165, 1.54) is 12.7 Å². The minimum atomic E-state index is -4.62. The molecule has 0 aliphatic carbocycles. The molecule has 0 unspecified atom stereocenters. The van der Waals surface area contributed by atoms with Crippen molar-refractivity contribution >= 4 is 24.8 Å². The van der Waals surface area contributed by atoms with Crippen molar-refractivity contribution < 1.29 is 28.7 Å². The number of nitrogens with zero attached hydrogens (tertiary/aromatic N) is 4. The Morgan fingerprint density at radius 2 is 2.23 bits per heavy atom. The van der Waals surface area contributed by atoms with Crippen molar-refractivity contribution in [3.63, 3.8) is 0 Å². The molecule has 22 heavy (non-hydrogen) atoms. The molecule has 0 bridgehead atoms. The van der Waals surface area contributed by atoms with Crippen LogP contribution < -0.4 is 5.73 Å². The third-order valence-corrected chi connectivity index (χ3v) is 3.79. The van der Waals surface area contributed by atoms with E-state index in [1.54, 1.807) is 4.57 Å². The second-order valence-electron chi connectivity index (χ2n) is 4.80. The molecule has 0 spiro atoms. The van der Waals surface area contributed by atoms with Crippen LogP contribution in [0.2, 0.25) is 0 Å². The predicted molar refractivity (Wildman–Crippen MR) is 72.3 cm³/mol. The van der Waals surface area contributed by atoms with Gasteiger partial charge in [-0.05, 0) is 0 Å². The van der Waals surface area contributed by atoms with Gasteiger partial charge in [-0.3, -0.25) is 9.09 Å². The standard InChI is InChI=1S/C10H14N5O6P/c11-9-8-10(13-3-12-9)15(4-14-8)7-1-5(16)6(21-7)2-20-22(17,18)19/h3-7,16H,1-2H2,(H2,11,12,13)(H2,17,18,19)/t5-,6-,7-/m1/s1/i11+1,12+1,13+1,14+1,15+1. The molecular weight excluding hydrogens is 322 g/mol. The number of phosphoric ester groups is 1. The van der Waals surface area contributed by atoms with Crippen LogP contribution in [0.15, 0.2) is 12.7 Å². The Morgan fingerprint density at radius 1 is 1.45 bits per heavy atom. The molecule has 1 aliphatic rings. The van der Waals surface area contributed by atoms with Crippen molar-refractivity contribution in [3.05, 3.63) is 12.7 Å². The van der Waals surface area contributed by atoms with Crippen molar-refractivity contribution in [1.29, 1.82) is 0 Å². The molecule has 0 saturated carbocycles. The summed E-state index contributed by atoms with van der Waals surface area (Å²) in [6.45, 7) is -0.425. The van der Waals surface area contributed by atoms with Crippen LogP contribution in [0, 0.1) is 0 Å². The maximum Gasteiger partial charge on any atom is 0.469 e. The van der Waals surface area contributed by atoms with Gasteiger partial charge < -0.3 is 25.4 Å². The highest BCUT2D eigenvalue weighted by molar-refractivity contribution is 7.46. The third kappa shape index (κ3) is 2.95. The van der Waals surface area contributed by atoms with Crippen LogP contribution in [-0.4, -0.2) is 53.2 Å². The Hall–Kier alpha value is -1.62. The lowest BCUT2D eigenvalue weighted by atomic mass is 10.2. The van der Waals surface area contributed by atoms with Gasteiger partial charge in [0.25, 0.3) is 0 Å². The monoisotopic (exact) mass is 336 g/mol. The zero-order valence-corrected chi connectivity index (χ0v) is 12.1. The molecule has 2 aromatic heterocycles. The fourth-order valence-corrected chi connectivity index (χ4v) is 2.63. The number of imidazole rings is 1. The lowest BCUT2D eigenvalue weighted by Gasteiger charge is -2.16. The SMILES string of the molecule is [15NH2]c1[15n]c[15n]c2c1[15n]c[15n]2[C@H]1C[C@@H](O)[C@@H](COP(=O)(O)O)O1. The summed E-state index contributed by atoms with van der Waals surface area (Å²) in [7, 11) is -4.62. The fourth-order valence-electron chi connectivity index (χ4n) is 2.29. The van der Waals surface area contributed by atoms with E-state index in [4.69, 9.17) is 20.3 Å². The molecule has 1 saturated heterocycles. The third-order valence-electron chi connectivity index (χ3n) is 3.31. The Bertz CT molecular complexity index is 732. The van der Waals surface area contributed by atoms with Crippen LogP contribution in [0.25, 0.3) is 11.2 Å². The predicted octanol–water partition coefficient (Wildman–Crippen LogP) is -0.834. The lowest BCUT2D eigenvalue weighted by molar-refractivity contribution is -0.0424. The number of rotatable bonds is 4. The van der Waals surface area contributed by atoms with Crippen LogP contribution in [-0.2, 0) is 13.8 Å². The van der Waals surface area contributed by atoms with E-state index in [1.807, 2.05) is 0 Å². The van der Waals surface area contributed by atoms with Gasteiger partial charge in [0, 0.05) is 6.42 Å². The number of nitrogen functional groups attached to an aromatic ring is 1. The van der Waals surface area contributed by atoms with Gasteiger partial charge in [-0.15, -0.1) is 0 Å². The summed E-state index contributed by atoms with van der Waals surface area (Å²) in [4.78, 5) is 29.4. The first kappa shape index (κ1) is 15.3. The van der Waals surface area contributed by atoms with Gasteiger partial charge in [0.05, 0.1) is 19.0 Å². The number of fused-ring (bicyclic) bond motifs is 1. The average molecular weight is 336 g/mol. The highest BCUT2D eigenvalue weighted by Crippen LogP contribution is 2.38. The normalized spacial score (nSPS) is 25.9. The molecular formula is C10H14N5O6P. The summed E-state index contributed by atoms with van der Waals surface area (Å²) in [6.07, 6.45) is 0.543. The molecule has 0 amide bonds. The van der Waals surface area contributed by atoms with Gasteiger partial charge in [-0.1, -0.05) is 0 Å². The summed E-state index contributed by atoms with van der Waals surface area (Å²) >= 11 is 0. The highest BCUT2D eigenvalue weighted by Gasteiger charge is 2.37. The van der Waals surface area contributed by atoms with Crippen molar-refractivity contribution in [2.45, 2.75) is 24.9 Å². The molecule has 120 valence electrons. The maximum absolute atomic E-state index is 10.7. The van der Waals surface area contributed by atoms with Crippen molar-refractivity contribution in [2.24, 2.45) is 0 Å². The first-order chi connectivity index (χ1) is 10.3. The first-order valence-electron chi connectivity index (χ1n) is 6.32. The lowest BCUT2D eigenvalue weighted by Crippen LogP contribution is -2.25. The van der Waals surface area contributed by atoms with Gasteiger partial charge in [0.2, 0.25) is 0 Å². The largest absolute Gasteiger partial charge is 0.469 e. The van der Waals surface area contributed by atoms with Crippen LogP contribution >= 0.6 is 7.82 Å². The molecule has 12 heteroatoms. The van der Waals surface area contributed by atoms with Crippen LogP contribution in [0.3, 0.4) is 0 Å². The topological polar surface area (TPSA) is 166 Å². The van der Waals surface area contributed by atoms with E-state index < -0.39 is 32.9 Å². The number of ether oxygens (including phenoxy) is 1. The molecule has 1 fully saturated rings. The van der Waals surface area contributed by atoms with Crippen molar-refractivity contribution in [1.82, 2.24) is 19.5 Å². The highest BCUT2D eigenvalue weighted by atomic mass is 31.2. The molecule has 11 nitrogen and oxygen atoms in total. The summed E-state index contributed by atoms with van der Waals surface area (Å²) in [5, 5.41) is 9.93. The second kappa shape index (κ2) is 5.54. The molecule has 3 atom stereocenters. The number of anilines is 1. The van der Waals surface area contributed by atoms with Crippen LogP contribution in [0.4, 0.5) is 5.82 Å². The molecule has 3 rings (SSSR count). The maximum atomic E-state index is 10.7. The van der Waals surface area contributed by atoms with Crippen LogP contribution in [0.5, 0.6) is 0 Å². The van der Waals surface area contributed by atoms with E-state index in [2.05, 4.69) is 19.5 Å². The van der Waals surface area contributed by atoms with E-state index in [0.29, 0.717) is 11.2 Å². The van der Waals surface area contributed by atoms with Crippen molar-refractivity contribution in [2.75, 3.05) is 12.3 Å². The number of phosphoric acid groups is 1. The summed E-state index contributed by atoms with van der Waals surface area (Å²) in [5.41, 5.74) is 6.55. The average Bonchev–Trinajstić information content (AvgIpc) is 3.00. The number of aromatic nitrogens is 4. The Kier molecular flexibility index (Phi) is 3.85. The number of hydrogen-bond acceptors (Lipinski definition) is 8. The zero-order valence-electron chi connectivity index (χ0n) is 11.2. The Labute approximate surface area is 124 Å². The first-order valence-corrected chi connectivity index (χ1v) is 7.85. The fraction of sp³-hybridized carbons (Fsp3) is 0.500. The van der Waals surface area contributed by atoms with Crippen molar-refractivity contribution in [3.8, 4) is 0 Å². The molecule has 1 aliphatic heterocycles. The van der Waals surface area contributed by atoms with Gasteiger partial charge >= 0.3 is 7.82 Å². The molecule has 2 aromatic rings. The summed E-state index contributed by atoms with van der Waals surface area (Å²) < 4.78 is 22.2. The minimum absolute atomic E-state index is 0.199. The number of aliphatic hydroxyl groups excluding tert-OH is 1. The summed E-state index contributed by atoms with van der Waals surface area (Å²) in [5.74, 6) is 0.226. The van der Waals surface area contributed by atoms with E-state index >= 15 is 0 Å². The molecule has 5 N–H and O–H groups in total.